The molecule has 0 bridgehead atoms. The second-order valence-electron chi connectivity index (χ2n) is 4.34. The molecule has 6 heteroatoms. The van der Waals surface area contributed by atoms with Crippen molar-refractivity contribution in [1.29, 1.82) is 0 Å². The number of hydrogen-bond donors (Lipinski definition) is 1. The second kappa shape index (κ2) is 6.17. The number of nitrogens with zero attached hydrogens (tertiary/aromatic N) is 2. The van der Waals surface area contributed by atoms with E-state index >= 15 is 0 Å². The molecular formula is C13H18N2O4. The highest BCUT2D eigenvalue weighted by Crippen LogP contribution is 2.25. The van der Waals surface area contributed by atoms with E-state index in [2.05, 4.69) is 0 Å². The van der Waals surface area contributed by atoms with Gasteiger partial charge >= 0.3 is 0 Å². The molecule has 0 aliphatic carbocycles. The van der Waals surface area contributed by atoms with Gasteiger partial charge in [0.15, 0.2) is 0 Å². The fourth-order valence-electron chi connectivity index (χ4n) is 2.05. The Morgan fingerprint density at radius 1 is 1.42 bits per heavy atom. The van der Waals surface area contributed by atoms with E-state index in [1.54, 1.807) is 7.05 Å². The van der Waals surface area contributed by atoms with Gasteiger partial charge in [-0.3, -0.25) is 14.9 Å². The molecule has 0 aliphatic heterocycles. The Morgan fingerprint density at radius 3 is 2.47 bits per heavy atom. The average Bonchev–Trinajstić information content (AvgIpc) is 2.38. The maximum atomic E-state index is 12.3. The van der Waals surface area contributed by atoms with Crippen LogP contribution in [0, 0.1) is 10.1 Å². The number of phenolic OH excluding ortho intramolecular Hbond substituents is 1. The highest BCUT2D eigenvalue weighted by Gasteiger charge is 2.26. The molecule has 0 radical (unpaired) electrons. The normalized spacial score (nSPS) is 10.5. The number of phenols is 1. The largest absolute Gasteiger partial charge is 0.508 e. The number of carbonyl (C=O) groups is 1. The summed E-state index contributed by atoms with van der Waals surface area (Å²) < 4.78 is 0. The van der Waals surface area contributed by atoms with Crippen molar-refractivity contribution in [3.05, 3.63) is 33.9 Å². The minimum Gasteiger partial charge on any atom is -0.508 e. The van der Waals surface area contributed by atoms with Crippen molar-refractivity contribution in [2.24, 2.45) is 0 Å². The zero-order valence-electron chi connectivity index (χ0n) is 11.3. The smallest absolute Gasteiger partial charge is 0.282 e. The van der Waals surface area contributed by atoms with Gasteiger partial charge in [0.1, 0.15) is 11.3 Å². The quantitative estimate of drug-likeness (QED) is 0.655. The lowest BCUT2D eigenvalue weighted by Crippen LogP contribution is -2.36. The van der Waals surface area contributed by atoms with Gasteiger partial charge in [-0.2, -0.15) is 0 Å². The predicted octanol–water partition coefficient (Wildman–Crippen LogP) is 2.56. The van der Waals surface area contributed by atoms with Crippen molar-refractivity contribution in [3.8, 4) is 5.75 Å². The topological polar surface area (TPSA) is 83.7 Å². The maximum Gasteiger partial charge on any atom is 0.282 e. The van der Waals surface area contributed by atoms with E-state index in [0.29, 0.717) is 0 Å². The van der Waals surface area contributed by atoms with Crippen LogP contribution >= 0.6 is 0 Å². The summed E-state index contributed by atoms with van der Waals surface area (Å²) in [6.45, 7) is 3.91. The number of aromatic hydroxyl groups is 1. The Bertz CT molecular complexity index is 484. The van der Waals surface area contributed by atoms with Gasteiger partial charge in [-0.25, -0.2) is 0 Å². The number of nitro groups is 1. The van der Waals surface area contributed by atoms with Gasteiger partial charge in [0.2, 0.25) is 0 Å². The van der Waals surface area contributed by atoms with Crippen LogP contribution in [0.5, 0.6) is 5.75 Å². The Kier molecular flexibility index (Phi) is 4.86. The van der Waals surface area contributed by atoms with Gasteiger partial charge in [-0.1, -0.05) is 13.8 Å². The molecule has 6 nitrogen and oxygen atoms in total. The monoisotopic (exact) mass is 266 g/mol. The third kappa shape index (κ3) is 3.21. The Balaban J connectivity index is 3.18. The molecule has 0 unspecified atom stereocenters. The van der Waals surface area contributed by atoms with Crippen molar-refractivity contribution in [2.45, 2.75) is 32.7 Å². The number of benzene rings is 1. The van der Waals surface area contributed by atoms with Gasteiger partial charge < -0.3 is 10.0 Å². The van der Waals surface area contributed by atoms with E-state index in [0.717, 1.165) is 25.0 Å². The van der Waals surface area contributed by atoms with E-state index in [9.17, 15) is 20.0 Å². The van der Waals surface area contributed by atoms with Gasteiger partial charge in [0, 0.05) is 19.2 Å². The molecule has 0 saturated heterocycles. The summed E-state index contributed by atoms with van der Waals surface area (Å²) >= 11 is 0. The maximum absolute atomic E-state index is 12.3. The second-order valence-corrected chi connectivity index (χ2v) is 4.34. The summed E-state index contributed by atoms with van der Waals surface area (Å²) in [4.78, 5) is 24.1. The first-order valence-electron chi connectivity index (χ1n) is 6.16. The first kappa shape index (κ1) is 14.9. The number of carbonyl (C=O) groups excluding carboxylic acids is 1. The predicted molar refractivity (Wildman–Crippen MR) is 71.2 cm³/mol. The average molecular weight is 266 g/mol. The third-order valence-corrected chi connectivity index (χ3v) is 3.22. The molecule has 0 aromatic heterocycles. The van der Waals surface area contributed by atoms with Gasteiger partial charge in [0.25, 0.3) is 11.6 Å². The van der Waals surface area contributed by atoms with Crippen LogP contribution < -0.4 is 0 Å². The lowest BCUT2D eigenvalue weighted by molar-refractivity contribution is -0.385. The van der Waals surface area contributed by atoms with Crippen LogP contribution in [-0.2, 0) is 0 Å². The molecule has 1 amide bonds. The number of hydrogen-bond acceptors (Lipinski definition) is 4. The van der Waals surface area contributed by atoms with Crippen LogP contribution in [0.25, 0.3) is 0 Å². The van der Waals surface area contributed by atoms with E-state index in [-0.39, 0.29) is 23.0 Å². The molecule has 0 atom stereocenters. The molecule has 0 fully saturated rings. The standard InChI is InChI=1S/C13H18N2O4/c1-4-9(5-2)14(3)13(17)11-8-10(16)6-7-12(11)15(18)19/h6-9,16H,4-5H2,1-3H3. The van der Waals surface area contributed by atoms with Gasteiger partial charge in [0.05, 0.1) is 4.92 Å². The number of amides is 1. The molecule has 0 saturated carbocycles. The van der Waals surface area contributed by atoms with Crippen molar-refractivity contribution in [3.63, 3.8) is 0 Å². The van der Waals surface area contributed by atoms with E-state index < -0.39 is 10.8 Å². The SMILES string of the molecule is CCC(CC)N(C)C(=O)c1cc(O)ccc1[N+](=O)[O-]. The fraction of sp³-hybridized carbons (Fsp3) is 0.462. The molecule has 104 valence electrons. The number of rotatable bonds is 5. The first-order valence-corrected chi connectivity index (χ1v) is 6.16. The summed E-state index contributed by atoms with van der Waals surface area (Å²) in [5.41, 5.74) is -0.375. The molecule has 0 aliphatic rings. The highest BCUT2D eigenvalue weighted by atomic mass is 16.6. The molecule has 1 aromatic rings. The molecule has 0 spiro atoms. The Morgan fingerprint density at radius 2 is 2.00 bits per heavy atom. The third-order valence-electron chi connectivity index (χ3n) is 3.22. The lowest BCUT2D eigenvalue weighted by atomic mass is 10.1. The molecule has 1 rings (SSSR count). The van der Waals surface area contributed by atoms with E-state index in [1.165, 1.54) is 11.0 Å². The van der Waals surface area contributed by atoms with Gasteiger partial charge in [-0.15, -0.1) is 0 Å². The fourth-order valence-corrected chi connectivity index (χ4v) is 2.05. The number of nitro benzene ring substituents is 1. The molecule has 0 heterocycles. The summed E-state index contributed by atoms with van der Waals surface area (Å²) in [5, 5.41) is 20.3. The van der Waals surface area contributed by atoms with Crippen LogP contribution in [0.4, 0.5) is 5.69 Å². The minimum atomic E-state index is -0.618. The van der Waals surface area contributed by atoms with E-state index in [1.807, 2.05) is 13.8 Å². The lowest BCUT2D eigenvalue weighted by Gasteiger charge is -2.26. The summed E-state index contributed by atoms with van der Waals surface area (Å²) in [6, 6.07) is 3.50. The Labute approximate surface area is 111 Å². The summed E-state index contributed by atoms with van der Waals surface area (Å²) in [6.07, 6.45) is 1.54. The molecule has 1 N–H and O–H groups in total. The highest BCUT2D eigenvalue weighted by molar-refractivity contribution is 5.98. The van der Waals surface area contributed by atoms with Crippen molar-refractivity contribution < 1.29 is 14.8 Å². The molecule has 19 heavy (non-hydrogen) atoms. The van der Waals surface area contributed by atoms with E-state index in [4.69, 9.17) is 0 Å². The van der Waals surface area contributed by atoms with Crippen molar-refractivity contribution in [1.82, 2.24) is 4.90 Å². The zero-order chi connectivity index (χ0) is 14.6. The summed E-state index contributed by atoms with van der Waals surface area (Å²) in [5.74, 6) is -0.608. The van der Waals surface area contributed by atoms with Crippen molar-refractivity contribution >= 4 is 11.6 Å². The van der Waals surface area contributed by atoms with Crippen LogP contribution in [0.2, 0.25) is 0 Å². The van der Waals surface area contributed by atoms with Crippen LogP contribution in [-0.4, -0.2) is 33.9 Å². The Hall–Kier alpha value is -2.11. The van der Waals surface area contributed by atoms with Crippen molar-refractivity contribution in [2.75, 3.05) is 7.05 Å². The first-order chi connectivity index (χ1) is 8.92. The van der Waals surface area contributed by atoms with Crippen LogP contribution in [0.3, 0.4) is 0 Å². The van der Waals surface area contributed by atoms with Gasteiger partial charge in [-0.05, 0) is 25.0 Å². The van der Waals surface area contributed by atoms with Crippen LogP contribution in [0.15, 0.2) is 18.2 Å². The van der Waals surface area contributed by atoms with Crippen LogP contribution in [0.1, 0.15) is 37.0 Å². The minimum absolute atomic E-state index is 0.0226. The summed E-state index contributed by atoms with van der Waals surface area (Å²) in [7, 11) is 1.62. The zero-order valence-corrected chi connectivity index (χ0v) is 11.3. The molecular weight excluding hydrogens is 248 g/mol. The molecule has 1 aromatic carbocycles.